The second kappa shape index (κ2) is 4.92. The number of aromatic nitrogens is 2. The molecule has 0 unspecified atom stereocenters. The summed E-state index contributed by atoms with van der Waals surface area (Å²) in [7, 11) is 0. The highest BCUT2D eigenvalue weighted by Gasteiger charge is 2.33. The Morgan fingerprint density at radius 1 is 1.19 bits per heavy atom. The first-order valence-electron chi connectivity index (χ1n) is 6.29. The molecule has 2 aromatic heterocycles. The van der Waals surface area contributed by atoms with E-state index in [0.717, 1.165) is 17.0 Å². The number of furan rings is 1. The normalized spacial score (nSPS) is 12.2. The number of fused-ring (bicyclic) bond motifs is 1. The highest BCUT2D eigenvalue weighted by Crippen LogP contribution is 2.29. The van der Waals surface area contributed by atoms with E-state index in [1.165, 1.54) is 10.9 Å². The molecule has 3 rings (SSSR count). The van der Waals surface area contributed by atoms with Gasteiger partial charge in [0.2, 0.25) is 0 Å². The summed E-state index contributed by atoms with van der Waals surface area (Å²) in [5.41, 5.74) is 6.14. The molecular formula is C14H12F3N3O. The van der Waals surface area contributed by atoms with Crippen LogP contribution >= 0.6 is 0 Å². The summed E-state index contributed by atoms with van der Waals surface area (Å²) in [6, 6.07) is 8.26. The van der Waals surface area contributed by atoms with Crippen molar-refractivity contribution in [2.75, 3.05) is 0 Å². The Labute approximate surface area is 118 Å². The van der Waals surface area contributed by atoms with Crippen molar-refractivity contribution in [1.82, 2.24) is 9.78 Å². The molecule has 0 aliphatic rings. The van der Waals surface area contributed by atoms with Crippen molar-refractivity contribution in [3.63, 3.8) is 0 Å². The molecule has 0 amide bonds. The van der Waals surface area contributed by atoms with E-state index in [-0.39, 0.29) is 13.1 Å². The molecule has 0 radical (unpaired) electrons. The third-order valence-electron chi connectivity index (χ3n) is 3.22. The number of benzene rings is 1. The average Bonchev–Trinajstić information content (AvgIpc) is 3.04. The lowest BCUT2D eigenvalue weighted by atomic mass is 10.1. The average molecular weight is 295 g/mol. The van der Waals surface area contributed by atoms with Crippen molar-refractivity contribution < 1.29 is 17.6 Å². The van der Waals surface area contributed by atoms with Crippen molar-refractivity contribution in [3.8, 4) is 0 Å². The van der Waals surface area contributed by atoms with E-state index in [1.54, 1.807) is 6.07 Å². The van der Waals surface area contributed by atoms with Crippen molar-refractivity contribution >= 4 is 11.0 Å². The Hall–Kier alpha value is -2.28. The highest BCUT2D eigenvalue weighted by atomic mass is 19.4. The quantitative estimate of drug-likeness (QED) is 0.807. The van der Waals surface area contributed by atoms with Gasteiger partial charge in [-0.25, -0.2) is 0 Å². The van der Waals surface area contributed by atoms with Crippen LogP contribution in [-0.2, 0) is 19.3 Å². The number of hydrogen-bond acceptors (Lipinski definition) is 3. The Balaban J connectivity index is 1.99. The van der Waals surface area contributed by atoms with E-state index in [9.17, 15) is 13.2 Å². The number of halogens is 3. The van der Waals surface area contributed by atoms with Crippen LogP contribution in [0.15, 0.2) is 40.9 Å². The van der Waals surface area contributed by atoms with Crippen molar-refractivity contribution in [2.24, 2.45) is 5.73 Å². The van der Waals surface area contributed by atoms with E-state index in [4.69, 9.17) is 10.2 Å². The molecule has 0 saturated carbocycles. The first-order valence-corrected chi connectivity index (χ1v) is 6.29. The minimum absolute atomic E-state index is 0.178. The van der Waals surface area contributed by atoms with Crippen LogP contribution in [0, 0.1) is 0 Å². The third kappa shape index (κ3) is 2.52. The molecule has 4 nitrogen and oxygen atoms in total. The fraction of sp³-hybridized carbons (Fsp3) is 0.214. The molecular weight excluding hydrogens is 283 g/mol. The van der Waals surface area contributed by atoms with Crippen LogP contribution in [0.1, 0.15) is 17.0 Å². The van der Waals surface area contributed by atoms with Gasteiger partial charge in [-0.2, -0.15) is 18.3 Å². The Kier molecular flexibility index (Phi) is 3.21. The van der Waals surface area contributed by atoms with Gasteiger partial charge in [0, 0.05) is 17.1 Å². The van der Waals surface area contributed by atoms with E-state index in [0.29, 0.717) is 11.3 Å². The molecule has 0 aliphatic carbocycles. The second-order valence-corrected chi connectivity index (χ2v) is 4.60. The predicted molar refractivity (Wildman–Crippen MR) is 70.4 cm³/mol. The summed E-state index contributed by atoms with van der Waals surface area (Å²) in [5.74, 6) is 0.556. The Bertz CT molecular complexity index is 773. The molecule has 0 saturated heterocycles. The summed E-state index contributed by atoms with van der Waals surface area (Å²) in [4.78, 5) is 0. The van der Waals surface area contributed by atoms with Crippen molar-refractivity contribution in [3.05, 3.63) is 53.5 Å². The lowest BCUT2D eigenvalue weighted by Crippen LogP contribution is -2.09. The topological polar surface area (TPSA) is 57.0 Å². The molecule has 7 heteroatoms. The maximum atomic E-state index is 12.6. The first-order chi connectivity index (χ1) is 9.99. The third-order valence-corrected chi connectivity index (χ3v) is 3.22. The smallest absolute Gasteiger partial charge is 0.435 e. The standard InChI is InChI=1S/C14H12F3N3O/c15-14(16,17)13-5-6-20(19-13)8-10-9-3-1-2-4-11(9)21-12(10)7-18/h1-6H,7-8,18H2. The van der Waals surface area contributed by atoms with Gasteiger partial charge in [-0.15, -0.1) is 0 Å². The van der Waals surface area contributed by atoms with Gasteiger partial charge in [0.15, 0.2) is 5.69 Å². The van der Waals surface area contributed by atoms with Gasteiger partial charge in [0.05, 0.1) is 13.1 Å². The highest BCUT2D eigenvalue weighted by molar-refractivity contribution is 5.82. The van der Waals surface area contributed by atoms with Crippen LogP contribution in [0.25, 0.3) is 11.0 Å². The van der Waals surface area contributed by atoms with Gasteiger partial charge < -0.3 is 10.2 Å². The lowest BCUT2D eigenvalue weighted by Gasteiger charge is -2.04. The largest absolute Gasteiger partial charge is 0.459 e. The van der Waals surface area contributed by atoms with E-state index in [1.807, 2.05) is 18.2 Å². The van der Waals surface area contributed by atoms with Gasteiger partial charge in [-0.1, -0.05) is 18.2 Å². The molecule has 110 valence electrons. The van der Waals surface area contributed by atoms with Gasteiger partial charge in [0.25, 0.3) is 0 Å². The van der Waals surface area contributed by atoms with E-state index >= 15 is 0 Å². The molecule has 0 spiro atoms. The SMILES string of the molecule is NCc1oc2ccccc2c1Cn1ccc(C(F)(F)F)n1. The molecule has 21 heavy (non-hydrogen) atoms. The zero-order valence-corrected chi connectivity index (χ0v) is 10.9. The molecule has 0 fully saturated rings. The minimum Gasteiger partial charge on any atom is -0.459 e. The Morgan fingerprint density at radius 2 is 1.95 bits per heavy atom. The van der Waals surface area contributed by atoms with Gasteiger partial charge in [-0.05, 0) is 12.1 Å². The zero-order chi connectivity index (χ0) is 15.0. The van der Waals surface area contributed by atoms with Crippen molar-refractivity contribution in [2.45, 2.75) is 19.3 Å². The van der Waals surface area contributed by atoms with Crippen LogP contribution in [0.2, 0.25) is 0 Å². The maximum absolute atomic E-state index is 12.6. The zero-order valence-electron chi connectivity index (χ0n) is 10.9. The number of para-hydroxylation sites is 1. The molecule has 3 aromatic rings. The molecule has 0 bridgehead atoms. The van der Waals surface area contributed by atoms with Crippen LogP contribution in [0.5, 0.6) is 0 Å². The molecule has 0 aliphatic heterocycles. The summed E-state index contributed by atoms with van der Waals surface area (Å²) < 4.78 is 44.5. The monoisotopic (exact) mass is 295 g/mol. The molecule has 2 N–H and O–H groups in total. The number of alkyl halides is 3. The number of rotatable bonds is 3. The van der Waals surface area contributed by atoms with E-state index < -0.39 is 11.9 Å². The van der Waals surface area contributed by atoms with E-state index in [2.05, 4.69) is 5.10 Å². The van der Waals surface area contributed by atoms with Crippen LogP contribution in [0.4, 0.5) is 13.2 Å². The number of nitrogens with zero attached hydrogens (tertiary/aromatic N) is 2. The fourth-order valence-electron chi connectivity index (χ4n) is 2.25. The summed E-state index contributed by atoms with van der Waals surface area (Å²) >= 11 is 0. The Morgan fingerprint density at radius 3 is 2.62 bits per heavy atom. The van der Waals surface area contributed by atoms with Crippen LogP contribution in [-0.4, -0.2) is 9.78 Å². The van der Waals surface area contributed by atoms with Gasteiger partial charge in [-0.3, -0.25) is 4.68 Å². The first kappa shape index (κ1) is 13.7. The van der Waals surface area contributed by atoms with Gasteiger partial charge in [0.1, 0.15) is 11.3 Å². The van der Waals surface area contributed by atoms with Crippen LogP contribution < -0.4 is 5.73 Å². The summed E-state index contributed by atoms with van der Waals surface area (Å²) in [6.07, 6.45) is -3.15. The fourth-order valence-corrected chi connectivity index (χ4v) is 2.25. The maximum Gasteiger partial charge on any atom is 0.435 e. The predicted octanol–water partition coefficient (Wildman–Crippen LogP) is 3.16. The number of hydrogen-bond donors (Lipinski definition) is 1. The second-order valence-electron chi connectivity index (χ2n) is 4.60. The number of nitrogens with two attached hydrogens (primary N) is 1. The van der Waals surface area contributed by atoms with Gasteiger partial charge >= 0.3 is 6.18 Å². The summed E-state index contributed by atoms with van der Waals surface area (Å²) in [6.45, 7) is 0.358. The minimum atomic E-state index is -4.44. The molecule has 0 atom stereocenters. The van der Waals surface area contributed by atoms with Crippen molar-refractivity contribution in [1.29, 1.82) is 0 Å². The van der Waals surface area contributed by atoms with Crippen LogP contribution in [0.3, 0.4) is 0 Å². The summed E-state index contributed by atoms with van der Waals surface area (Å²) in [5, 5.41) is 4.38. The lowest BCUT2D eigenvalue weighted by molar-refractivity contribution is -0.141. The molecule has 2 heterocycles. The molecule has 1 aromatic carbocycles.